The summed E-state index contributed by atoms with van der Waals surface area (Å²) >= 11 is 1.44. The Kier molecular flexibility index (Phi) is 5.47. The minimum atomic E-state index is -0.157. The Morgan fingerprint density at radius 2 is 1.80 bits per heavy atom. The van der Waals surface area contributed by atoms with Crippen LogP contribution < -0.4 is 5.56 Å². The molecule has 0 fully saturated rings. The first-order valence-corrected chi connectivity index (χ1v) is 10.8. The van der Waals surface area contributed by atoms with Crippen molar-refractivity contribution < 1.29 is 4.52 Å². The number of aromatic nitrogens is 4. The number of nitrogens with zero attached hydrogens (tertiary/aromatic N) is 4. The van der Waals surface area contributed by atoms with Gasteiger partial charge in [0, 0.05) is 5.92 Å². The molecule has 0 aliphatic heterocycles. The fourth-order valence-corrected chi connectivity index (χ4v) is 4.27. The normalized spacial score (nSPS) is 12.6. The summed E-state index contributed by atoms with van der Waals surface area (Å²) in [4.78, 5) is 22.8. The number of benzene rings is 2. The molecule has 2 aromatic carbocycles. The van der Waals surface area contributed by atoms with Gasteiger partial charge in [0.15, 0.2) is 11.0 Å². The highest BCUT2D eigenvalue weighted by Crippen LogP contribution is 2.35. The summed E-state index contributed by atoms with van der Waals surface area (Å²) in [5, 5.41) is 5.10. The van der Waals surface area contributed by atoms with E-state index in [9.17, 15) is 4.79 Å². The van der Waals surface area contributed by atoms with Gasteiger partial charge in [0.2, 0.25) is 5.89 Å². The molecule has 0 N–H and O–H groups in total. The summed E-state index contributed by atoms with van der Waals surface area (Å²) < 4.78 is 7.16. The molecule has 1 unspecified atom stereocenters. The van der Waals surface area contributed by atoms with Gasteiger partial charge in [-0.1, -0.05) is 60.6 Å². The molecule has 0 spiro atoms. The molecule has 0 bridgehead atoms. The second-order valence-corrected chi connectivity index (χ2v) is 9.06. The lowest BCUT2D eigenvalue weighted by atomic mass is 10.1. The molecule has 0 saturated carbocycles. The van der Waals surface area contributed by atoms with Crippen molar-refractivity contribution >= 4 is 22.7 Å². The molecule has 4 aromatic rings. The number of rotatable bonds is 5. The van der Waals surface area contributed by atoms with Crippen molar-refractivity contribution in [3.8, 4) is 5.69 Å². The molecule has 2 heterocycles. The number of hydrogen-bond acceptors (Lipinski definition) is 6. The van der Waals surface area contributed by atoms with E-state index in [4.69, 9.17) is 9.51 Å². The van der Waals surface area contributed by atoms with Gasteiger partial charge in [0.1, 0.15) is 0 Å². The Labute approximate surface area is 179 Å². The summed E-state index contributed by atoms with van der Waals surface area (Å²) in [5.41, 5.74) is 3.57. The van der Waals surface area contributed by atoms with Crippen molar-refractivity contribution in [2.45, 2.75) is 50.9 Å². The van der Waals surface area contributed by atoms with E-state index in [2.05, 4.69) is 16.2 Å². The van der Waals surface area contributed by atoms with Gasteiger partial charge in [-0.3, -0.25) is 9.36 Å². The summed E-state index contributed by atoms with van der Waals surface area (Å²) in [6.45, 7) is 10.1. The summed E-state index contributed by atoms with van der Waals surface area (Å²) in [5.74, 6) is 1.39. The smallest absolute Gasteiger partial charge is 0.266 e. The molecule has 1 atom stereocenters. The van der Waals surface area contributed by atoms with E-state index in [1.165, 1.54) is 11.8 Å². The molecule has 4 rings (SSSR count). The van der Waals surface area contributed by atoms with E-state index in [1.807, 2.05) is 71.0 Å². The zero-order chi connectivity index (χ0) is 21.4. The molecule has 0 aliphatic carbocycles. The molecular formula is C23H24N4O2S. The Morgan fingerprint density at radius 3 is 2.50 bits per heavy atom. The first-order valence-electron chi connectivity index (χ1n) is 9.94. The fraction of sp³-hybridized carbons (Fsp3) is 0.304. The molecule has 30 heavy (non-hydrogen) atoms. The topological polar surface area (TPSA) is 73.8 Å². The third-order valence-corrected chi connectivity index (χ3v) is 5.98. The molecule has 7 heteroatoms. The summed E-state index contributed by atoms with van der Waals surface area (Å²) in [6, 6.07) is 13.5. The molecule has 6 nitrogen and oxygen atoms in total. The maximum absolute atomic E-state index is 13.5. The van der Waals surface area contributed by atoms with Crippen molar-refractivity contribution in [1.29, 1.82) is 0 Å². The first-order chi connectivity index (χ1) is 14.3. The zero-order valence-corrected chi connectivity index (χ0v) is 18.5. The van der Waals surface area contributed by atoms with Crippen molar-refractivity contribution in [2.24, 2.45) is 0 Å². The Morgan fingerprint density at radius 1 is 1.03 bits per heavy atom. The van der Waals surface area contributed by atoms with Crippen LogP contribution in [0.3, 0.4) is 0 Å². The lowest BCUT2D eigenvalue weighted by molar-refractivity contribution is 0.373. The fourth-order valence-electron chi connectivity index (χ4n) is 3.32. The van der Waals surface area contributed by atoms with Crippen LogP contribution in [0, 0.1) is 13.8 Å². The van der Waals surface area contributed by atoms with Crippen LogP contribution in [0.4, 0.5) is 0 Å². The van der Waals surface area contributed by atoms with Gasteiger partial charge in [0.05, 0.1) is 21.8 Å². The van der Waals surface area contributed by atoms with Crippen LogP contribution in [0.2, 0.25) is 0 Å². The van der Waals surface area contributed by atoms with Crippen LogP contribution in [-0.4, -0.2) is 19.7 Å². The lowest BCUT2D eigenvalue weighted by Gasteiger charge is -2.17. The molecule has 2 aromatic heterocycles. The number of fused-ring (bicyclic) bond motifs is 1. The van der Waals surface area contributed by atoms with Gasteiger partial charge in [-0.25, -0.2) is 4.98 Å². The highest BCUT2D eigenvalue weighted by Gasteiger charge is 2.22. The second-order valence-electron chi connectivity index (χ2n) is 7.75. The van der Waals surface area contributed by atoms with E-state index in [0.717, 1.165) is 16.8 Å². The first kappa shape index (κ1) is 20.3. The molecule has 0 radical (unpaired) electrons. The number of para-hydroxylation sites is 1. The number of aryl methyl sites for hydroxylation is 2. The third-order valence-electron chi connectivity index (χ3n) is 4.94. The van der Waals surface area contributed by atoms with Crippen LogP contribution in [0.1, 0.15) is 54.8 Å². The monoisotopic (exact) mass is 420 g/mol. The van der Waals surface area contributed by atoms with E-state index in [1.54, 1.807) is 4.57 Å². The van der Waals surface area contributed by atoms with Crippen LogP contribution in [0.15, 0.2) is 56.9 Å². The van der Waals surface area contributed by atoms with Crippen LogP contribution >= 0.6 is 11.8 Å². The van der Waals surface area contributed by atoms with Gasteiger partial charge < -0.3 is 4.52 Å². The molecule has 0 aliphatic rings. The number of thioether (sulfide) groups is 1. The van der Waals surface area contributed by atoms with Crippen molar-refractivity contribution in [3.05, 3.63) is 75.7 Å². The Balaban J connectivity index is 1.86. The van der Waals surface area contributed by atoms with Crippen molar-refractivity contribution in [3.63, 3.8) is 0 Å². The summed E-state index contributed by atoms with van der Waals surface area (Å²) in [7, 11) is 0. The standard InChI is InChI=1S/C23H24N4O2S/c1-13(2)20-25-21(29-26-20)16(5)30-23-24-18-9-7-6-8-17(18)22(28)27(23)19-11-10-14(3)12-15(19)4/h6-13,16H,1-5H3. The number of hydrogen-bond donors (Lipinski definition) is 0. The minimum Gasteiger partial charge on any atom is -0.338 e. The lowest BCUT2D eigenvalue weighted by Crippen LogP contribution is -2.22. The van der Waals surface area contributed by atoms with Crippen LogP contribution in [0.5, 0.6) is 0 Å². The van der Waals surface area contributed by atoms with Crippen molar-refractivity contribution in [1.82, 2.24) is 19.7 Å². The predicted octanol–water partition coefficient (Wildman–Crippen LogP) is 5.36. The van der Waals surface area contributed by atoms with Gasteiger partial charge in [-0.2, -0.15) is 4.98 Å². The molecular weight excluding hydrogens is 396 g/mol. The quantitative estimate of drug-likeness (QED) is 0.319. The van der Waals surface area contributed by atoms with Gasteiger partial charge in [-0.05, 0) is 44.5 Å². The van der Waals surface area contributed by atoms with E-state index < -0.39 is 0 Å². The SMILES string of the molecule is Cc1ccc(-n2c(SC(C)c3nc(C(C)C)no3)nc3ccccc3c2=O)c(C)c1. The predicted molar refractivity (Wildman–Crippen MR) is 119 cm³/mol. The van der Waals surface area contributed by atoms with Gasteiger partial charge in [-0.15, -0.1) is 0 Å². The van der Waals surface area contributed by atoms with Gasteiger partial charge in [0.25, 0.3) is 5.56 Å². The van der Waals surface area contributed by atoms with Gasteiger partial charge >= 0.3 is 0 Å². The molecule has 0 saturated heterocycles. The van der Waals surface area contributed by atoms with Crippen molar-refractivity contribution in [2.75, 3.05) is 0 Å². The van der Waals surface area contributed by atoms with E-state index in [0.29, 0.717) is 27.8 Å². The third kappa shape index (κ3) is 3.77. The maximum Gasteiger partial charge on any atom is 0.266 e. The Bertz CT molecular complexity index is 1280. The maximum atomic E-state index is 13.5. The van der Waals surface area contributed by atoms with Crippen LogP contribution in [0.25, 0.3) is 16.6 Å². The average molecular weight is 421 g/mol. The Hall–Kier alpha value is -2.93. The largest absolute Gasteiger partial charge is 0.338 e. The van der Waals surface area contributed by atoms with Crippen LogP contribution in [-0.2, 0) is 0 Å². The molecule has 0 amide bonds. The highest BCUT2D eigenvalue weighted by molar-refractivity contribution is 7.99. The molecule has 154 valence electrons. The highest BCUT2D eigenvalue weighted by atomic mass is 32.2. The second kappa shape index (κ2) is 8.07. The van der Waals surface area contributed by atoms with E-state index in [-0.39, 0.29) is 16.7 Å². The summed E-state index contributed by atoms with van der Waals surface area (Å²) in [6.07, 6.45) is 0. The zero-order valence-electron chi connectivity index (χ0n) is 17.7. The van der Waals surface area contributed by atoms with E-state index >= 15 is 0 Å². The average Bonchev–Trinajstić information content (AvgIpc) is 3.20. The minimum absolute atomic E-state index is 0.0874.